The van der Waals surface area contributed by atoms with Crippen LogP contribution in [0.3, 0.4) is 0 Å². The van der Waals surface area contributed by atoms with Crippen LogP contribution < -0.4 is 11.1 Å². The number of hydrogen-bond donors (Lipinski definition) is 2. The van der Waals surface area contributed by atoms with Crippen LogP contribution in [0.2, 0.25) is 0 Å². The van der Waals surface area contributed by atoms with Crippen LogP contribution in [0.5, 0.6) is 0 Å². The fraction of sp³-hybridized carbons (Fsp3) is 0.188. The fourth-order valence-corrected chi connectivity index (χ4v) is 2.30. The van der Waals surface area contributed by atoms with E-state index in [4.69, 9.17) is 10.5 Å². The maximum Gasteiger partial charge on any atom is 0.250 e. The molecule has 110 valence electrons. The van der Waals surface area contributed by atoms with Crippen molar-refractivity contribution in [3.63, 3.8) is 0 Å². The number of benzene rings is 2. The number of anilines is 2. The summed E-state index contributed by atoms with van der Waals surface area (Å²) in [5.41, 5.74) is 9.01. The van der Waals surface area contributed by atoms with Gasteiger partial charge in [0.2, 0.25) is 5.91 Å². The largest absolute Gasteiger partial charge is 0.399 e. The maximum absolute atomic E-state index is 11.8. The average molecular weight is 349 g/mol. The topological polar surface area (TPSA) is 64.3 Å². The third-order valence-corrected chi connectivity index (χ3v) is 3.42. The van der Waals surface area contributed by atoms with Gasteiger partial charge in [-0.3, -0.25) is 4.79 Å². The van der Waals surface area contributed by atoms with Gasteiger partial charge in [0.1, 0.15) is 6.61 Å². The average Bonchev–Trinajstić information content (AvgIpc) is 2.43. The molecule has 0 saturated heterocycles. The molecule has 3 N–H and O–H groups in total. The summed E-state index contributed by atoms with van der Waals surface area (Å²) in [6.45, 7) is 2.31. The smallest absolute Gasteiger partial charge is 0.250 e. The van der Waals surface area contributed by atoms with Crippen molar-refractivity contribution in [3.05, 3.63) is 58.1 Å². The van der Waals surface area contributed by atoms with Gasteiger partial charge in [0, 0.05) is 15.8 Å². The van der Waals surface area contributed by atoms with Gasteiger partial charge >= 0.3 is 0 Å². The number of aryl methyl sites for hydroxylation is 1. The van der Waals surface area contributed by atoms with Crippen molar-refractivity contribution in [1.29, 1.82) is 0 Å². The Bertz CT molecular complexity index is 644. The standard InChI is InChI=1S/C16H17BrN2O2/c1-11-5-6-14(18)8-15(11)19-16(20)10-21-9-12-3-2-4-13(17)7-12/h2-8H,9-10,18H2,1H3,(H,19,20). The monoisotopic (exact) mass is 348 g/mol. The third-order valence-electron chi connectivity index (χ3n) is 2.93. The summed E-state index contributed by atoms with van der Waals surface area (Å²) in [7, 11) is 0. The SMILES string of the molecule is Cc1ccc(N)cc1NC(=O)COCc1cccc(Br)c1. The molecule has 5 heteroatoms. The highest BCUT2D eigenvalue weighted by Gasteiger charge is 2.05. The molecule has 0 aliphatic carbocycles. The molecular formula is C16H17BrN2O2. The first-order chi connectivity index (χ1) is 10.0. The first-order valence-electron chi connectivity index (χ1n) is 6.53. The van der Waals surface area contributed by atoms with E-state index in [1.165, 1.54) is 0 Å². The van der Waals surface area contributed by atoms with Crippen molar-refractivity contribution < 1.29 is 9.53 Å². The lowest BCUT2D eigenvalue weighted by Gasteiger charge is -2.10. The molecule has 0 fully saturated rings. The molecule has 0 unspecified atom stereocenters. The second-order valence-corrected chi connectivity index (χ2v) is 5.66. The van der Waals surface area contributed by atoms with Gasteiger partial charge in [-0.05, 0) is 42.3 Å². The molecule has 4 nitrogen and oxygen atoms in total. The Balaban J connectivity index is 1.84. The summed E-state index contributed by atoms with van der Waals surface area (Å²) >= 11 is 3.40. The molecule has 0 radical (unpaired) electrons. The van der Waals surface area contributed by atoms with E-state index in [1.807, 2.05) is 37.3 Å². The van der Waals surface area contributed by atoms with E-state index in [9.17, 15) is 4.79 Å². The fourth-order valence-electron chi connectivity index (χ4n) is 1.85. The molecule has 21 heavy (non-hydrogen) atoms. The van der Waals surface area contributed by atoms with E-state index in [2.05, 4.69) is 21.2 Å². The number of rotatable bonds is 5. The van der Waals surface area contributed by atoms with Crippen LogP contribution in [-0.2, 0) is 16.1 Å². The minimum Gasteiger partial charge on any atom is -0.399 e. The highest BCUT2D eigenvalue weighted by Crippen LogP contribution is 2.18. The number of carbonyl (C=O) groups excluding carboxylic acids is 1. The van der Waals surface area contributed by atoms with Gasteiger partial charge in [0.25, 0.3) is 0 Å². The van der Waals surface area contributed by atoms with Crippen molar-refractivity contribution >= 4 is 33.2 Å². The summed E-state index contributed by atoms with van der Waals surface area (Å²) in [6.07, 6.45) is 0. The van der Waals surface area contributed by atoms with Gasteiger partial charge < -0.3 is 15.8 Å². The predicted molar refractivity (Wildman–Crippen MR) is 88.0 cm³/mol. The minimum absolute atomic E-state index is 0.000746. The molecule has 0 aromatic heterocycles. The first kappa shape index (κ1) is 15.5. The van der Waals surface area contributed by atoms with Crippen LogP contribution in [0.15, 0.2) is 46.9 Å². The Kier molecular flexibility index (Phi) is 5.36. The van der Waals surface area contributed by atoms with Gasteiger partial charge in [-0.1, -0.05) is 34.1 Å². The van der Waals surface area contributed by atoms with E-state index in [1.54, 1.807) is 12.1 Å². The molecule has 0 saturated carbocycles. The maximum atomic E-state index is 11.8. The second-order valence-electron chi connectivity index (χ2n) is 4.75. The Morgan fingerprint density at radius 3 is 2.86 bits per heavy atom. The van der Waals surface area contributed by atoms with Crippen LogP contribution in [0, 0.1) is 6.92 Å². The van der Waals surface area contributed by atoms with Gasteiger partial charge in [-0.2, -0.15) is 0 Å². The number of nitrogen functional groups attached to an aromatic ring is 1. The molecule has 0 bridgehead atoms. The van der Waals surface area contributed by atoms with Crippen LogP contribution in [0.4, 0.5) is 11.4 Å². The molecule has 0 spiro atoms. The molecular weight excluding hydrogens is 332 g/mol. The van der Waals surface area contributed by atoms with Crippen LogP contribution in [0.1, 0.15) is 11.1 Å². The molecule has 2 rings (SSSR count). The van der Waals surface area contributed by atoms with E-state index in [-0.39, 0.29) is 12.5 Å². The Hall–Kier alpha value is -1.85. The number of ether oxygens (including phenoxy) is 1. The quantitative estimate of drug-likeness (QED) is 0.812. The molecule has 0 aliphatic rings. The zero-order valence-electron chi connectivity index (χ0n) is 11.7. The predicted octanol–water partition coefficient (Wildman–Crippen LogP) is 3.50. The summed E-state index contributed by atoms with van der Waals surface area (Å²) in [5, 5.41) is 2.80. The van der Waals surface area contributed by atoms with Crippen molar-refractivity contribution in [2.24, 2.45) is 0 Å². The lowest BCUT2D eigenvalue weighted by Crippen LogP contribution is -2.18. The number of nitrogens with two attached hydrogens (primary N) is 1. The second kappa shape index (κ2) is 7.24. The first-order valence-corrected chi connectivity index (χ1v) is 7.32. The highest BCUT2D eigenvalue weighted by atomic mass is 79.9. The summed E-state index contributed by atoms with van der Waals surface area (Å²) in [5.74, 6) is -0.196. The number of carbonyl (C=O) groups is 1. The van der Waals surface area contributed by atoms with E-state index in [0.29, 0.717) is 18.0 Å². The molecule has 2 aromatic rings. The summed E-state index contributed by atoms with van der Waals surface area (Å²) in [4.78, 5) is 11.8. The van der Waals surface area contributed by atoms with Gasteiger partial charge in [-0.25, -0.2) is 0 Å². The van der Waals surface area contributed by atoms with Gasteiger partial charge in [0.15, 0.2) is 0 Å². The third kappa shape index (κ3) is 4.88. The van der Waals surface area contributed by atoms with E-state index in [0.717, 1.165) is 15.6 Å². The summed E-state index contributed by atoms with van der Waals surface area (Å²) < 4.78 is 6.40. The number of amides is 1. The Labute approximate surface area is 132 Å². The van der Waals surface area contributed by atoms with Crippen molar-refractivity contribution in [1.82, 2.24) is 0 Å². The number of hydrogen-bond acceptors (Lipinski definition) is 3. The Morgan fingerprint density at radius 2 is 2.10 bits per heavy atom. The van der Waals surface area contributed by atoms with Crippen molar-refractivity contribution in [2.75, 3.05) is 17.7 Å². The highest BCUT2D eigenvalue weighted by molar-refractivity contribution is 9.10. The molecule has 1 amide bonds. The van der Waals surface area contributed by atoms with E-state index < -0.39 is 0 Å². The summed E-state index contributed by atoms with van der Waals surface area (Å²) in [6, 6.07) is 13.2. The Morgan fingerprint density at radius 1 is 1.29 bits per heavy atom. The van der Waals surface area contributed by atoms with Gasteiger partial charge in [-0.15, -0.1) is 0 Å². The van der Waals surface area contributed by atoms with Crippen LogP contribution in [0.25, 0.3) is 0 Å². The molecule has 0 atom stereocenters. The number of halogens is 1. The molecule has 0 heterocycles. The van der Waals surface area contributed by atoms with Crippen molar-refractivity contribution in [2.45, 2.75) is 13.5 Å². The normalized spacial score (nSPS) is 10.4. The van der Waals surface area contributed by atoms with Crippen LogP contribution >= 0.6 is 15.9 Å². The van der Waals surface area contributed by atoms with Gasteiger partial charge in [0.05, 0.1) is 6.61 Å². The lowest BCUT2D eigenvalue weighted by molar-refractivity contribution is -0.121. The number of nitrogens with one attached hydrogen (secondary N) is 1. The zero-order valence-corrected chi connectivity index (χ0v) is 13.3. The molecule has 0 aliphatic heterocycles. The zero-order chi connectivity index (χ0) is 15.2. The van der Waals surface area contributed by atoms with Crippen molar-refractivity contribution in [3.8, 4) is 0 Å². The minimum atomic E-state index is -0.196. The van der Waals surface area contributed by atoms with E-state index >= 15 is 0 Å². The lowest BCUT2D eigenvalue weighted by atomic mass is 10.2. The molecule has 2 aromatic carbocycles. The van der Waals surface area contributed by atoms with Crippen LogP contribution in [-0.4, -0.2) is 12.5 Å².